The molecular formula is C10H6F6O2. The van der Waals surface area contributed by atoms with Crippen molar-refractivity contribution in [1.29, 1.82) is 0 Å². The maximum absolute atomic E-state index is 12.8. The minimum Gasteiger partial charge on any atom is -0.477 e. The normalized spacial score (nSPS) is 12.6. The molecule has 8 heteroatoms. The Balaban J connectivity index is 3.22. The molecule has 2 nitrogen and oxygen atoms in total. The molecule has 0 heterocycles. The lowest BCUT2D eigenvalue weighted by atomic mass is 10.0. The zero-order chi connectivity index (χ0) is 14.1. The Morgan fingerprint density at radius 3 is 2.17 bits per heavy atom. The van der Waals surface area contributed by atoms with Gasteiger partial charge in [-0.15, -0.1) is 0 Å². The van der Waals surface area contributed by atoms with Crippen LogP contribution in [0, 0.1) is 5.82 Å². The third kappa shape index (κ3) is 3.14. The molecule has 0 fully saturated rings. The van der Waals surface area contributed by atoms with E-state index in [9.17, 15) is 31.1 Å². The fourth-order valence-electron chi connectivity index (χ4n) is 1.28. The largest absolute Gasteiger partial charge is 0.477 e. The molecule has 0 atom stereocenters. The summed E-state index contributed by atoms with van der Waals surface area (Å²) in [5.74, 6) is -8.14. The zero-order valence-electron chi connectivity index (χ0n) is 8.56. The number of hydrogen-bond donors (Lipinski definition) is 1. The van der Waals surface area contributed by atoms with Crippen LogP contribution in [0.25, 0.3) is 0 Å². The number of alkyl halides is 5. The molecule has 1 aromatic carbocycles. The monoisotopic (exact) mass is 272 g/mol. The molecule has 0 unspecified atom stereocenters. The van der Waals surface area contributed by atoms with Crippen molar-refractivity contribution in [2.45, 2.75) is 18.5 Å². The molecule has 0 aliphatic heterocycles. The Hall–Kier alpha value is -1.73. The zero-order valence-corrected chi connectivity index (χ0v) is 8.56. The van der Waals surface area contributed by atoms with Gasteiger partial charge in [-0.05, 0) is 17.7 Å². The van der Waals surface area contributed by atoms with Crippen LogP contribution in [0.4, 0.5) is 26.3 Å². The smallest absolute Gasteiger partial charge is 0.416 e. The molecule has 0 saturated carbocycles. The molecule has 100 valence electrons. The molecule has 0 radical (unpaired) electrons. The van der Waals surface area contributed by atoms with Crippen molar-refractivity contribution in [3.8, 4) is 0 Å². The van der Waals surface area contributed by atoms with E-state index in [-0.39, 0.29) is 6.07 Å². The average molecular weight is 272 g/mol. The van der Waals surface area contributed by atoms with E-state index in [4.69, 9.17) is 5.11 Å². The summed E-state index contributed by atoms with van der Waals surface area (Å²) in [4.78, 5) is 10.1. The van der Waals surface area contributed by atoms with Gasteiger partial charge in [-0.1, -0.05) is 6.07 Å². The highest BCUT2D eigenvalue weighted by Gasteiger charge is 2.42. The van der Waals surface area contributed by atoms with Crippen LogP contribution >= 0.6 is 0 Å². The first-order valence-corrected chi connectivity index (χ1v) is 4.51. The van der Waals surface area contributed by atoms with E-state index in [0.717, 1.165) is 0 Å². The highest BCUT2D eigenvalue weighted by Crippen LogP contribution is 2.35. The van der Waals surface area contributed by atoms with Gasteiger partial charge in [0.2, 0.25) is 0 Å². The van der Waals surface area contributed by atoms with Gasteiger partial charge < -0.3 is 5.11 Å². The molecule has 0 amide bonds. The Kier molecular flexibility index (Phi) is 3.59. The molecule has 1 N–H and O–H groups in total. The van der Waals surface area contributed by atoms with Crippen molar-refractivity contribution in [2.24, 2.45) is 0 Å². The lowest BCUT2D eigenvalue weighted by Gasteiger charge is -2.16. The molecule has 0 aromatic heterocycles. The van der Waals surface area contributed by atoms with Crippen molar-refractivity contribution in [2.75, 3.05) is 0 Å². The van der Waals surface area contributed by atoms with Gasteiger partial charge in [0.1, 0.15) is 5.82 Å². The van der Waals surface area contributed by atoms with Crippen molar-refractivity contribution in [1.82, 2.24) is 0 Å². The SMILES string of the molecule is O=C(O)C(F)(F)Cc1ccc(F)cc1C(F)(F)F. The van der Waals surface area contributed by atoms with Crippen LogP contribution < -0.4 is 0 Å². The molecule has 1 rings (SSSR count). The van der Waals surface area contributed by atoms with Gasteiger partial charge in [0.25, 0.3) is 0 Å². The van der Waals surface area contributed by atoms with Crippen LogP contribution in [0.2, 0.25) is 0 Å². The maximum Gasteiger partial charge on any atom is 0.416 e. The first kappa shape index (κ1) is 14.3. The molecule has 0 bridgehead atoms. The van der Waals surface area contributed by atoms with E-state index < -0.39 is 41.4 Å². The predicted octanol–water partition coefficient (Wildman–Crippen LogP) is 3.11. The van der Waals surface area contributed by atoms with Gasteiger partial charge in [0.15, 0.2) is 0 Å². The first-order chi connectivity index (χ1) is 8.04. The topological polar surface area (TPSA) is 37.3 Å². The summed E-state index contributed by atoms with van der Waals surface area (Å²) in [6, 6.07) is 1.10. The van der Waals surface area contributed by atoms with Crippen LogP contribution in [-0.2, 0) is 17.4 Å². The summed E-state index contributed by atoms with van der Waals surface area (Å²) in [5, 5.41) is 8.15. The number of carboxylic acids is 1. The number of aliphatic carboxylic acids is 1. The Morgan fingerprint density at radius 1 is 1.17 bits per heavy atom. The van der Waals surface area contributed by atoms with Crippen LogP contribution in [0.3, 0.4) is 0 Å². The number of benzene rings is 1. The second-order valence-electron chi connectivity index (χ2n) is 3.49. The molecule has 0 aliphatic carbocycles. The van der Waals surface area contributed by atoms with Crippen molar-refractivity contribution < 1.29 is 36.2 Å². The number of hydrogen-bond acceptors (Lipinski definition) is 1. The third-order valence-electron chi connectivity index (χ3n) is 2.10. The quantitative estimate of drug-likeness (QED) is 0.858. The number of halogens is 6. The third-order valence-corrected chi connectivity index (χ3v) is 2.10. The summed E-state index contributed by atoms with van der Waals surface area (Å²) in [7, 11) is 0. The number of carboxylic acid groups (broad SMARTS) is 1. The second-order valence-corrected chi connectivity index (χ2v) is 3.49. The fourth-order valence-corrected chi connectivity index (χ4v) is 1.28. The van der Waals surface area contributed by atoms with Gasteiger partial charge in [0.05, 0.1) is 5.56 Å². The Bertz CT molecular complexity index is 466. The highest BCUT2D eigenvalue weighted by molar-refractivity contribution is 5.75. The minimum atomic E-state index is -5.04. The molecule has 0 spiro atoms. The van der Waals surface area contributed by atoms with Gasteiger partial charge in [0, 0.05) is 6.42 Å². The lowest BCUT2D eigenvalue weighted by Crippen LogP contribution is -2.31. The van der Waals surface area contributed by atoms with Crippen molar-refractivity contribution in [3.63, 3.8) is 0 Å². The predicted molar refractivity (Wildman–Crippen MR) is 47.7 cm³/mol. The summed E-state index contributed by atoms with van der Waals surface area (Å²) in [5.41, 5.74) is -2.58. The Labute approximate surface area is 96.8 Å². The summed E-state index contributed by atoms with van der Waals surface area (Å²) in [6.45, 7) is 0. The van der Waals surface area contributed by atoms with Gasteiger partial charge >= 0.3 is 18.1 Å². The second kappa shape index (κ2) is 4.51. The molecule has 0 saturated heterocycles. The van der Waals surface area contributed by atoms with Crippen LogP contribution in [-0.4, -0.2) is 17.0 Å². The van der Waals surface area contributed by atoms with Gasteiger partial charge in [-0.2, -0.15) is 22.0 Å². The average Bonchev–Trinajstić information content (AvgIpc) is 2.18. The van der Waals surface area contributed by atoms with Crippen LogP contribution in [0.1, 0.15) is 11.1 Å². The van der Waals surface area contributed by atoms with E-state index >= 15 is 0 Å². The van der Waals surface area contributed by atoms with E-state index in [2.05, 4.69) is 0 Å². The van der Waals surface area contributed by atoms with Crippen LogP contribution in [0.15, 0.2) is 18.2 Å². The van der Waals surface area contributed by atoms with E-state index in [0.29, 0.717) is 12.1 Å². The summed E-state index contributed by atoms with van der Waals surface area (Å²) < 4.78 is 75.7. The van der Waals surface area contributed by atoms with E-state index in [1.54, 1.807) is 0 Å². The first-order valence-electron chi connectivity index (χ1n) is 4.51. The van der Waals surface area contributed by atoms with Crippen molar-refractivity contribution >= 4 is 5.97 Å². The van der Waals surface area contributed by atoms with Crippen LogP contribution in [0.5, 0.6) is 0 Å². The molecule has 18 heavy (non-hydrogen) atoms. The van der Waals surface area contributed by atoms with Gasteiger partial charge in [-0.25, -0.2) is 9.18 Å². The maximum atomic E-state index is 12.8. The lowest BCUT2D eigenvalue weighted by molar-refractivity contribution is -0.165. The van der Waals surface area contributed by atoms with E-state index in [1.807, 2.05) is 0 Å². The molecular weight excluding hydrogens is 266 g/mol. The summed E-state index contributed by atoms with van der Waals surface area (Å²) in [6.07, 6.45) is -6.69. The number of rotatable bonds is 3. The molecule has 0 aliphatic rings. The van der Waals surface area contributed by atoms with E-state index in [1.165, 1.54) is 0 Å². The van der Waals surface area contributed by atoms with Crippen molar-refractivity contribution in [3.05, 3.63) is 35.1 Å². The van der Waals surface area contributed by atoms with Gasteiger partial charge in [-0.3, -0.25) is 0 Å². The fraction of sp³-hybridized carbons (Fsp3) is 0.300. The summed E-state index contributed by atoms with van der Waals surface area (Å²) >= 11 is 0. The Morgan fingerprint density at radius 2 is 1.72 bits per heavy atom. The highest BCUT2D eigenvalue weighted by atomic mass is 19.4. The standard InChI is InChI=1S/C10H6F6O2/c11-6-2-1-5(4-9(12,13)8(17)18)7(3-6)10(14,15)16/h1-3H,4H2,(H,17,18). The number of carbonyl (C=O) groups is 1. The minimum absolute atomic E-state index is 0.0489. The molecule has 1 aromatic rings.